The van der Waals surface area contributed by atoms with Crippen LogP contribution in [0.4, 0.5) is 0 Å². The van der Waals surface area contributed by atoms with Gasteiger partial charge < -0.3 is 30.9 Å². The highest BCUT2D eigenvalue weighted by Gasteiger charge is 2.62. The van der Waals surface area contributed by atoms with E-state index in [1.165, 1.54) is 6.07 Å². The lowest BCUT2D eigenvalue weighted by atomic mass is 9.61. The number of fused-ring (bicyclic) bond motifs is 3. The Hall–Kier alpha value is -3.47. The highest BCUT2D eigenvalue weighted by molar-refractivity contribution is 6.25. The molecule has 0 saturated carbocycles. The molecule has 1 fully saturated rings. The van der Waals surface area contributed by atoms with Gasteiger partial charge in [0.05, 0.1) is 30.2 Å². The van der Waals surface area contributed by atoms with Crippen LogP contribution >= 0.6 is 0 Å². The number of aromatic hydroxyl groups is 2. The van der Waals surface area contributed by atoms with Gasteiger partial charge in [-0.3, -0.25) is 19.3 Å². The highest BCUT2D eigenvalue weighted by atomic mass is 16.5. The van der Waals surface area contributed by atoms with E-state index in [2.05, 4.69) is 0 Å². The van der Waals surface area contributed by atoms with Crippen molar-refractivity contribution >= 4 is 28.2 Å². The third-order valence-corrected chi connectivity index (χ3v) is 7.72. The summed E-state index contributed by atoms with van der Waals surface area (Å²) >= 11 is 0. The summed E-state index contributed by atoms with van der Waals surface area (Å²) in [4.78, 5) is 41.3. The van der Waals surface area contributed by atoms with Crippen molar-refractivity contribution in [3.05, 3.63) is 46.2 Å². The second kappa shape index (κ2) is 8.29. The Bertz CT molecular complexity index is 1360. The zero-order valence-electron chi connectivity index (χ0n) is 19.9. The molecule has 190 valence electrons. The monoisotopic (exact) mass is 496 g/mol. The number of hydrogen-bond acceptors (Lipinski definition) is 9. The van der Waals surface area contributed by atoms with E-state index in [-0.39, 0.29) is 29.0 Å². The maximum Gasteiger partial charge on any atom is 0.255 e. The number of carbonyl (C=O) groups is 3. The molecule has 5 rings (SSSR count). The van der Waals surface area contributed by atoms with E-state index in [1.807, 2.05) is 13.8 Å². The van der Waals surface area contributed by atoms with Gasteiger partial charge in [0.15, 0.2) is 11.4 Å². The average Bonchev–Trinajstić information content (AvgIpc) is 2.82. The van der Waals surface area contributed by atoms with Crippen molar-refractivity contribution in [2.45, 2.75) is 37.8 Å². The number of ether oxygens (including phenoxy) is 1. The van der Waals surface area contributed by atoms with Crippen molar-refractivity contribution in [2.24, 2.45) is 11.7 Å². The van der Waals surface area contributed by atoms with Gasteiger partial charge in [0.2, 0.25) is 5.78 Å². The minimum Gasteiger partial charge on any atom is -0.508 e. The molecule has 3 aliphatic rings. The molecule has 6 N–H and O–H groups in total. The second-order valence-electron chi connectivity index (χ2n) is 9.96. The highest BCUT2D eigenvalue weighted by Crippen LogP contribution is 2.50. The lowest BCUT2D eigenvalue weighted by molar-refractivity contribution is -0.136. The Labute approximate surface area is 206 Å². The van der Waals surface area contributed by atoms with Crippen LogP contribution in [0, 0.1) is 5.92 Å². The molecule has 2 aromatic carbocycles. The first-order valence-corrected chi connectivity index (χ1v) is 11.9. The molecule has 0 bridgehead atoms. The number of phenolic OH excluding ortho intramolecular Hbond substituents is 2. The predicted octanol–water partition coefficient (Wildman–Crippen LogP) is 1.04. The molecule has 3 unspecified atom stereocenters. The lowest BCUT2D eigenvalue weighted by Gasteiger charge is -2.49. The number of rotatable bonds is 3. The van der Waals surface area contributed by atoms with Gasteiger partial charge in [-0.2, -0.15) is 0 Å². The Morgan fingerprint density at radius 2 is 1.83 bits per heavy atom. The number of ketones is 2. The molecule has 1 aliphatic heterocycles. The van der Waals surface area contributed by atoms with Gasteiger partial charge in [-0.05, 0) is 41.0 Å². The minimum atomic E-state index is -2.68. The van der Waals surface area contributed by atoms with E-state index < -0.39 is 52.1 Å². The zero-order valence-corrected chi connectivity index (χ0v) is 19.9. The summed E-state index contributed by atoms with van der Waals surface area (Å²) in [6.45, 7) is 5.15. The van der Waals surface area contributed by atoms with E-state index in [0.29, 0.717) is 37.3 Å². The van der Waals surface area contributed by atoms with E-state index >= 15 is 0 Å². The maximum atomic E-state index is 13.9. The number of hydrogen-bond donors (Lipinski definition) is 5. The van der Waals surface area contributed by atoms with Gasteiger partial charge in [-0.1, -0.05) is 19.9 Å². The largest absolute Gasteiger partial charge is 0.508 e. The molecule has 0 spiro atoms. The predicted molar refractivity (Wildman–Crippen MR) is 128 cm³/mol. The van der Waals surface area contributed by atoms with E-state index in [4.69, 9.17) is 10.5 Å². The zero-order chi connectivity index (χ0) is 26.1. The molecule has 0 radical (unpaired) electrons. The molecule has 10 heteroatoms. The average molecular weight is 497 g/mol. The summed E-state index contributed by atoms with van der Waals surface area (Å²) < 4.78 is 5.38. The number of primary amides is 1. The van der Waals surface area contributed by atoms with Gasteiger partial charge in [0.25, 0.3) is 5.91 Å². The smallest absolute Gasteiger partial charge is 0.255 e. The van der Waals surface area contributed by atoms with Crippen LogP contribution in [-0.2, 0) is 20.7 Å². The minimum absolute atomic E-state index is 0.0317. The van der Waals surface area contributed by atoms with E-state index in [0.717, 1.165) is 5.56 Å². The first kappa shape index (κ1) is 24.2. The van der Waals surface area contributed by atoms with Gasteiger partial charge in [-0.15, -0.1) is 0 Å². The first-order chi connectivity index (χ1) is 17.0. The molecule has 3 atom stereocenters. The third kappa shape index (κ3) is 3.18. The van der Waals surface area contributed by atoms with Crippen LogP contribution in [0.25, 0.3) is 10.8 Å². The molecule has 1 heterocycles. The fraction of sp³-hybridized carbons (Fsp3) is 0.423. The number of nitrogens with two attached hydrogens (primary N) is 1. The summed E-state index contributed by atoms with van der Waals surface area (Å²) in [7, 11) is 0. The van der Waals surface area contributed by atoms with Crippen molar-refractivity contribution in [3.63, 3.8) is 0 Å². The Balaban J connectivity index is 1.79. The topological polar surface area (TPSA) is 171 Å². The van der Waals surface area contributed by atoms with E-state index in [9.17, 15) is 34.8 Å². The molecule has 1 amide bonds. The summed E-state index contributed by atoms with van der Waals surface area (Å²) in [5, 5.41) is 45.1. The number of Topliss-reactive ketones (excluding diaryl/α,β-unsaturated/α-hetero) is 2. The van der Waals surface area contributed by atoms with Crippen LogP contribution in [0.15, 0.2) is 29.5 Å². The van der Waals surface area contributed by atoms with Gasteiger partial charge >= 0.3 is 0 Å². The van der Waals surface area contributed by atoms with Crippen LogP contribution in [-0.4, -0.2) is 80.7 Å². The molecule has 1 saturated heterocycles. The second-order valence-corrected chi connectivity index (χ2v) is 9.96. The molecular formula is C26H28N2O8. The van der Waals surface area contributed by atoms with Crippen LogP contribution in [0.1, 0.15) is 41.3 Å². The van der Waals surface area contributed by atoms with Gasteiger partial charge in [-0.25, -0.2) is 0 Å². The summed E-state index contributed by atoms with van der Waals surface area (Å²) in [6, 6.07) is 3.72. The number of nitrogens with zero attached hydrogens (tertiary/aromatic N) is 1. The number of phenols is 2. The molecule has 10 nitrogen and oxygen atoms in total. The van der Waals surface area contributed by atoms with Crippen molar-refractivity contribution in [1.29, 1.82) is 0 Å². The quantitative estimate of drug-likeness (QED) is 0.390. The Kier molecular flexibility index (Phi) is 5.58. The van der Waals surface area contributed by atoms with Crippen LogP contribution in [0.5, 0.6) is 11.5 Å². The van der Waals surface area contributed by atoms with Crippen molar-refractivity contribution in [1.82, 2.24) is 4.90 Å². The van der Waals surface area contributed by atoms with Crippen LogP contribution in [0.2, 0.25) is 0 Å². The number of aliphatic hydroxyl groups excluding tert-OH is 1. The first-order valence-electron chi connectivity index (χ1n) is 11.9. The molecular weight excluding hydrogens is 468 g/mol. The number of benzene rings is 2. The molecule has 2 aromatic rings. The third-order valence-electron chi connectivity index (χ3n) is 7.72. The standard InChI is InChI=1S/C26H28N2O8/c1-11(2)13-3-4-16(29)18-14(13)9-12-10-15-20(28-5-7-36-8-6-28)22(31)19(25(27)34)24(33)26(15,35)23(32)17(12)21(18)30/h3-4,9,11,15,20,29-30,33,35H,5-8,10H2,1-2H3,(H2,27,34). The van der Waals surface area contributed by atoms with Crippen molar-refractivity contribution < 1.29 is 39.5 Å². The SMILES string of the molecule is CC(C)c1ccc(O)c2c(O)c3c(cc12)CC1C(N2CCOCC2)C(=O)C(C(N)=O)=C(O)C1(O)C3=O. The lowest BCUT2D eigenvalue weighted by Crippen LogP contribution is -2.66. The molecule has 0 aromatic heterocycles. The van der Waals surface area contributed by atoms with Gasteiger partial charge in [0, 0.05) is 19.0 Å². The van der Waals surface area contributed by atoms with Gasteiger partial charge in [0.1, 0.15) is 22.8 Å². The fourth-order valence-electron chi connectivity index (χ4n) is 5.99. The molecule has 36 heavy (non-hydrogen) atoms. The summed E-state index contributed by atoms with van der Waals surface area (Å²) in [5.74, 6) is -6.10. The summed E-state index contributed by atoms with van der Waals surface area (Å²) in [6.07, 6.45) is -0.0574. The fourth-order valence-corrected chi connectivity index (χ4v) is 5.99. The maximum absolute atomic E-state index is 13.9. The number of aliphatic hydroxyl groups is 2. The molecule has 2 aliphatic carbocycles. The number of amides is 1. The Morgan fingerprint density at radius 1 is 1.17 bits per heavy atom. The summed E-state index contributed by atoms with van der Waals surface area (Å²) in [5.41, 5.74) is 2.83. The number of carbonyl (C=O) groups excluding carboxylic acids is 3. The Morgan fingerprint density at radius 3 is 2.44 bits per heavy atom. The van der Waals surface area contributed by atoms with Crippen molar-refractivity contribution in [3.8, 4) is 11.5 Å². The van der Waals surface area contributed by atoms with E-state index in [1.54, 1.807) is 17.0 Å². The van der Waals surface area contributed by atoms with Crippen LogP contribution < -0.4 is 5.73 Å². The van der Waals surface area contributed by atoms with Crippen LogP contribution in [0.3, 0.4) is 0 Å². The number of morpholine rings is 1. The normalized spacial score (nSPS) is 26.9. The van der Waals surface area contributed by atoms with Crippen molar-refractivity contribution in [2.75, 3.05) is 26.3 Å².